The Bertz CT molecular complexity index is 878. The van der Waals surface area contributed by atoms with Crippen LogP contribution in [0.1, 0.15) is 30.4 Å². The summed E-state index contributed by atoms with van der Waals surface area (Å²) >= 11 is 0. The third kappa shape index (κ3) is 2.13. The number of hydrogen-bond acceptors (Lipinski definition) is 4. The molecule has 5 rings (SSSR count). The van der Waals surface area contributed by atoms with E-state index in [0.29, 0.717) is 5.92 Å². The van der Waals surface area contributed by atoms with Crippen molar-refractivity contribution in [2.75, 3.05) is 5.32 Å². The summed E-state index contributed by atoms with van der Waals surface area (Å²) < 4.78 is 0. The highest BCUT2D eigenvalue weighted by Gasteiger charge is 2.69. The lowest BCUT2D eigenvalue weighted by atomic mass is 9.72. The van der Waals surface area contributed by atoms with Crippen molar-refractivity contribution in [3.05, 3.63) is 59.9 Å². The van der Waals surface area contributed by atoms with Gasteiger partial charge in [-0.1, -0.05) is 22.9 Å². The van der Waals surface area contributed by atoms with Crippen molar-refractivity contribution in [3.63, 3.8) is 0 Å². The van der Waals surface area contributed by atoms with E-state index in [1.54, 1.807) is 6.20 Å². The van der Waals surface area contributed by atoms with Gasteiger partial charge in [0.05, 0.1) is 11.6 Å². The largest absolute Gasteiger partial charge is 0.378 e. The topological polar surface area (TPSA) is 63.6 Å². The van der Waals surface area contributed by atoms with Gasteiger partial charge in [0.1, 0.15) is 0 Å². The average Bonchev–Trinajstić information content (AvgIpc) is 3.36. The summed E-state index contributed by atoms with van der Waals surface area (Å²) in [4.78, 5) is 23.5. The minimum Gasteiger partial charge on any atom is -0.378 e. The molecule has 0 spiro atoms. The van der Waals surface area contributed by atoms with Crippen LogP contribution in [0.25, 0.3) is 0 Å². The number of carbonyl (C=O) groups is 1. The van der Waals surface area contributed by atoms with Crippen LogP contribution in [0.2, 0.25) is 0 Å². The van der Waals surface area contributed by atoms with Gasteiger partial charge in [0.2, 0.25) is 5.60 Å². The zero-order valence-electron chi connectivity index (χ0n) is 14.7. The quantitative estimate of drug-likeness (QED) is 0.923. The number of aromatic nitrogens is 1. The molecule has 132 valence electrons. The highest BCUT2D eigenvalue weighted by molar-refractivity contribution is 6.10. The molecule has 2 saturated carbocycles. The molecule has 1 amide bonds. The summed E-state index contributed by atoms with van der Waals surface area (Å²) in [5.74, 6) is 0.614. The third-order valence-electron chi connectivity index (χ3n) is 6.22. The van der Waals surface area contributed by atoms with Gasteiger partial charge in [0, 0.05) is 29.6 Å². The summed E-state index contributed by atoms with van der Waals surface area (Å²) in [6, 6.07) is 11.8. The number of nitrogens with zero attached hydrogens (tertiary/aromatic N) is 2. The van der Waals surface area contributed by atoms with Crippen LogP contribution >= 0.6 is 0 Å². The number of oxime groups is 1. The Kier molecular flexibility index (Phi) is 3.39. The van der Waals surface area contributed by atoms with Crippen molar-refractivity contribution in [2.45, 2.75) is 31.8 Å². The van der Waals surface area contributed by atoms with Crippen LogP contribution in [0.3, 0.4) is 0 Å². The molecule has 26 heavy (non-hydrogen) atoms. The molecule has 1 aliphatic heterocycles. The van der Waals surface area contributed by atoms with Gasteiger partial charge in [-0.05, 0) is 56.4 Å². The molecule has 2 aromatic rings. The van der Waals surface area contributed by atoms with Crippen LogP contribution in [0.4, 0.5) is 5.69 Å². The van der Waals surface area contributed by atoms with Crippen molar-refractivity contribution >= 4 is 17.3 Å². The van der Waals surface area contributed by atoms with E-state index in [-0.39, 0.29) is 17.7 Å². The number of aryl methyl sites for hydroxylation is 1. The second-order valence-electron chi connectivity index (χ2n) is 7.67. The van der Waals surface area contributed by atoms with E-state index in [2.05, 4.69) is 15.5 Å². The molecule has 1 N–H and O–H groups in total. The van der Waals surface area contributed by atoms with E-state index in [1.807, 2.05) is 49.5 Å². The number of rotatable bonds is 3. The fourth-order valence-corrected chi connectivity index (χ4v) is 5.03. The van der Waals surface area contributed by atoms with Gasteiger partial charge < -0.3 is 10.2 Å². The van der Waals surface area contributed by atoms with Crippen molar-refractivity contribution < 1.29 is 9.63 Å². The first kappa shape index (κ1) is 15.6. The minimum absolute atomic E-state index is 0.0101. The third-order valence-corrected chi connectivity index (χ3v) is 6.22. The molecule has 5 heteroatoms. The summed E-state index contributed by atoms with van der Waals surface area (Å²) in [6.45, 7) is 2.03. The lowest BCUT2D eigenvalue weighted by Crippen LogP contribution is -2.53. The van der Waals surface area contributed by atoms with Crippen molar-refractivity contribution in [1.29, 1.82) is 0 Å². The number of hydrogen-bond donors (Lipinski definition) is 1. The van der Waals surface area contributed by atoms with Gasteiger partial charge in [0.25, 0.3) is 5.91 Å². The lowest BCUT2D eigenvalue weighted by Gasteiger charge is -2.35. The number of pyridine rings is 1. The number of benzene rings is 1. The molecule has 1 aromatic carbocycles. The van der Waals surface area contributed by atoms with Crippen LogP contribution < -0.4 is 5.32 Å². The molecule has 1 aromatic heterocycles. The summed E-state index contributed by atoms with van der Waals surface area (Å²) in [6.07, 6.45) is 6.75. The molecule has 0 saturated heterocycles. The van der Waals surface area contributed by atoms with Crippen LogP contribution in [-0.2, 0) is 9.63 Å². The zero-order chi connectivity index (χ0) is 17.7. The Labute approximate surface area is 152 Å². The predicted molar refractivity (Wildman–Crippen MR) is 98.7 cm³/mol. The van der Waals surface area contributed by atoms with Crippen molar-refractivity contribution in [2.24, 2.45) is 22.9 Å². The van der Waals surface area contributed by atoms with E-state index in [4.69, 9.17) is 4.84 Å². The van der Waals surface area contributed by atoms with Crippen LogP contribution in [-0.4, -0.2) is 22.2 Å². The maximum atomic E-state index is 13.3. The van der Waals surface area contributed by atoms with E-state index in [0.717, 1.165) is 36.2 Å². The van der Waals surface area contributed by atoms with E-state index < -0.39 is 5.60 Å². The summed E-state index contributed by atoms with van der Waals surface area (Å²) in [7, 11) is 0. The monoisotopic (exact) mass is 347 g/mol. The zero-order valence-corrected chi connectivity index (χ0v) is 14.7. The number of anilines is 1. The number of fused-ring (bicyclic) bond motifs is 5. The first-order valence-corrected chi connectivity index (χ1v) is 9.23. The fraction of sp³-hybridized carbons (Fsp3) is 0.381. The predicted octanol–water partition coefficient (Wildman–Crippen LogP) is 3.55. The molecule has 0 radical (unpaired) electrons. The van der Waals surface area contributed by atoms with Crippen molar-refractivity contribution in [1.82, 2.24) is 4.98 Å². The van der Waals surface area contributed by atoms with Gasteiger partial charge in [-0.25, -0.2) is 0 Å². The van der Waals surface area contributed by atoms with Crippen molar-refractivity contribution in [3.8, 4) is 0 Å². The van der Waals surface area contributed by atoms with E-state index >= 15 is 0 Å². The first-order valence-electron chi connectivity index (χ1n) is 9.23. The molecule has 2 aliphatic carbocycles. The smallest absolute Gasteiger partial charge is 0.272 e. The van der Waals surface area contributed by atoms with Gasteiger partial charge >= 0.3 is 0 Å². The number of carbonyl (C=O) groups excluding carboxylic acids is 1. The second kappa shape index (κ2) is 5.66. The molecule has 3 aliphatic rings. The van der Waals surface area contributed by atoms with E-state index in [1.165, 1.54) is 5.56 Å². The second-order valence-corrected chi connectivity index (χ2v) is 7.67. The van der Waals surface area contributed by atoms with Crippen LogP contribution in [0.5, 0.6) is 0 Å². The van der Waals surface area contributed by atoms with Crippen LogP contribution in [0.15, 0.2) is 53.9 Å². The van der Waals surface area contributed by atoms with Gasteiger partial charge in [-0.15, -0.1) is 0 Å². The Balaban J connectivity index is 1.49. The number of amides is 1. The Hall–Kier alpha value is -2.69. The molecule has 2 heterocycles. The normalized spacial score (nSPS) is 31.3. The highest BCUT2D eigenvalue weighted by atomic mass is 16.7. The maximum Gasteiger partial charge on any atom is 0.272 e. The van der Waals surface area contributed by atoms with Gasteiger partial charge in [0.15, 0.2) is 0 Å². The lowest BCUT2D eigenvalue weighted by molar-refractivity contribution is -0.149. The SMILES string of the molecule is Cc1ccc(NC(=O)[C@]23ON=C(c4cccnc4)[C@H]2[C@@H]2CC[C@H]3C2)cc1. The van der Waals surface area contributed by atoms with Gasteiger partial charge in [-0.2, -0.15) is 0 Å². The number of nitrogens with one attached hydrogen (secondary N) is 1. The molecular weight excluding hydrogens is 326 g/mol. The molecule has 4 atom stereocenters. The first-order chi connectivity index (χ1) is 12.7. The standard InChI is InChI=1S/C21H21N3O2/c1-13-4-8-17(9-5-13)23-20(25)21-16-7-6-14(11-16)18(21)19(24-26-21)15-3-2-10-22-12-15/h2-5,8-10,12,14,16,18H,6-7,11H2,1H3,(H,23,25)/t14-,16+,18-,21-/m1/s1. The molecule has 5 nitrogen and oxygen atoms in total. The van der Waals surface area contributed by atoms with E-state index in [9.17, 15) is 4.79 Å². The van der Waals surface area contributed by atoms with Gasteiger partial charge in [-0.3, -0.25) is 9.78 Å². The summed E-state index contributed by atoms with van der Waals surface area (Å²) in [5.41, 5.74) is 2.92. The Morgan fingerprint density at radius 2 is 2.08 bits per heavy atom. The average molecular weight is 347 g/mol. The minimum atomic E-state index is -0.876. The maximum absolute atomic E-state index is 13.3. The molecule has 0 unspecified atom stereocenters. The fourth-order valence-electron chi connectivity index (χ4n) is 5.03. The Morgan fingerprint density at radius 3 is 2.85 bits per heavy atom. The Morgan fingerprint density at radius 1 is 1.23 bits per heavy atom. The van der Waals surface area contributed by atoms with Crippen LogP contribution in [0, 0.1) is 24.7 Å². The molecular formula is C21H21N3O2. The molecule has 2 bridgehead atoms. The molecule has 2 fully saturated rings. The highest BCUT2D eigenvalue weighted by Crippen LogP contribution is 2.60. The summed E-state index contributed by atoms with van der Waals surface area (Å²) in [5, 5.41) is 7.47.